The second-order valence-electron chi connectivity index (χ2n) is 3.71. The molecule has 0 aromatic heterocycles. The van der Waals surface area contributed by atoms with Gasteiger partial charge >= 0.3 is 0 Å². The summed E-state index contributed by atoms with van der Waals surface area (Å²) in [6, 6.07) is -0.274. The first-order valence-corrected chi connectivity index (χ1v) is 5.24. The van der Waals surface area contributed by atoms with Crippen molar-refractivity contribution in [2.45, 2.75) is 51.5 Å². The number of Topliss-reactive ketones (excluding diaryl/α,β-unsaturated/α-hetero) is 1. The van der Waals surface area contributed by atoms with Crippen LogP contribution in [0.4, 0.5) is 0 Å². The van der Waals surface area contributed by atoms with E-state index in [1.807, 2.05) is 6.92 Å². The van der Waals surface area contributed by atoms with Gasteiger partial charge in [0.1, 0.15) is 0 Å². The van der Waals surface area contributed by atoms with E-state index in [1.165, 1.54) is 12.8 Å². The molecule has 2 nitrogen and oxygen atoms in total. The lowest BCUT2D eigenvalue weighted by atomic mass is 9.99. The number of hydrogen-bond donors (Lipinski definition) is 1. The number of nitrogens with two attached hydrogens (primary N) is 1. The van der Waals surface area contributed by atoms with E-state index in [0.29, 0.717) is 0 Å². The van der Waals surface area contributed by atoms with E-state index in [4.69, 9.17) is 5.73 Å². The average Bonchev–Trinajstić information content (AvgIpc) is 2.43. The van der Waals surface area contributed by atoms with Crippen molar-refractivity contribution in [3.63, 3.8) is 0 Å². The number of ketones is 1. The van der Waals surface area contributed by atoms with Crippen LogP contribution in [0.3, 0.4) is 0 Å². The van der Waals surface area contributed by atoms with Crippen molar-refractivity contribution in [2.24, 2.45) is 5.73 Å². The van der Waals surface area contributed by atoms with E-state index in [9.17, 15) is 4.79 Å². The predicted molar refractivity (Wildman–Crippen MR) is 54.4 cm³/mol. The number of carbonyl (C=O) groups excluding carboxylic acids is 1. The van der Waals surface area contributed by atoms with Crippen molar-refractivity contribution in [1.82, 2.24) is 0 Å². The number of hydrogen-bond acceptors (Lipinski definition) is 2. The van der Waals surface area contributed by atoms with E-state index in [2.05, 4.69) is 6.08 Å². The molecule has 0 spiro atoms. The van der Waals surface area contributed by atoms with Gasteiger partial charge in [-0.05, 0) is 37.7 Å². The third kappa shape index (κ3) is 2.96. The van der Waals surface area contributed by atoms with E-state index < -0.39 is 0 Å². The maximum Gasteiger partial charge on any atom is 0.175 e. The molecule has 0 aromatic carbocycles. The van der Waals surface area contributed by atoms with Crippen LogP contribution in [0.5, 0.6) is 0 Å². The number of carbonyl (C=O) groups is 1. The molecule has 0 radical (unpaired) electrons. The van der Waals surface area contributed by atoms with Crippen molar-refractivity contribution in [2.75, 3.05) is 0 Å². The monoisotopic (exact) mass is 181 g/mol. The molecule has 0 amide bonds. The molecule has 0 heterocycles. The summed E-state index contributed by atoms with van der Waals surface area (Å²) < 4.78 is 0. The molecule has 2 heteroatoms. The highest BCUT2D eigenvalue weighted by Crippen LogP contribution is 2.18. The summed E-state index contributed by atoms with van der Waals surface area (Å²) in [7, 11) is 0. The fraction of sp³-hybridized carbons (Fsp3) is 0.727. The van der Waals surface area contributed by atoms with Crippen LogP contribution in [0, 0.1) is 0 Å². The maximum absolute atomic E-state index is 11.7. The standard InChI is InChI=1S/C11H19NO/c1-2-10(12)11(13)9-7-5-3-4-6-8-9/h7,10H,2-6,8,12H2,1H3. The molecule has 0 bridgehead atoms. The fourth-order valence-electron chi connectivity index (χ4n) is 1.66. The summed E-state index contributed by atoms with van der Waals surface area (Å²) in [6.45, 7) is 1.96. The molecule has 0 aromatic rings. The molecular formula is C11H19NO. The minimum atomic E-state index is -0.274. The Balaban J connectivity index is 2.58. The van der Waals surface area contributed by atoms with Crippen LogP contribution < -0.4 is 5.73 Å². The summed E-state index contributed by atoms with van der Waals surface area (Å²) in [5.41, 5.74) is 6.69. The van der Waals surface area contributed by atoms with Gasteiger partial charge in [0, 0.05) is 0 Å². The Morgan fingerprint density at radius 1 is 1.54 bits per heavy atom. The third-order valence-corrected chi connectivity index (χ3v) is 2.63. The molecule has 0 saturated carbocycles. The second kappa shape index (κ2) is 5.18. The van der Waals surface area contributed by atoms with Gasteiger partial charge in [0.05, 0.1) is 6.04 Å². The molecule has 74 valence electrons. The summed E-state index contributed by atoms with van der Waals surface area (Å²) in [6.07, 6.45) is 8.44. The largest absolute Gasteiger partial charge is 0.321 e. The van der Waals surface area contributed by atoms with Crippen molar-refractivity contribution in [3.8, 4) is 0 Å². The van der Waals surface area contributed by atoms with Gasteiger partial charge in [-0.3, -0.25) is 4.79 Å². The van der Waals surface area contributed by atoms with E-state index in [0.717, 1.165) is 31.3 Å². The Labute approximate surface area is 80.2 Å². The van der Waals surface area contributed by atoms with Crippen LogP contribution in [0.2, 0.25) is 0 Å². The Morgan fingerprint density at radius 3 is 3.00 bits per heavy atom. The molecule has 1 rings (SSSR count). The van der Waals surface area contributed by atoms with Crippen molar-refractivity contribution in [1.29, 1.82) is 0 Å². The minimum Gasteiger partial charge on any atom is -0.321 e. The lowest BCUT2D eigenvalue weighted by Crippen LogP contribution is -2.30. The van der Waals surface area contributed by atoms with Crippen LogP contribution in [-0.4, -0.2) is 11.8 Å². The maximum atomic E-state index is 11.7. The van der Waals surface area contributed by atoms with Gasteiger partial charge in [-0.2, -0.15) is 0 Å². The molecule has 1 aliphatic rings. The Hall–Kier alpha value is -0.630. The highest BCUT2D eigenvalue weighted by atomic mass is 16.1. The number of allylic oxidation sites excluding steroid dienone is 1. The van der Waals surface area contributed by atoms with Crippen molar-refractivity contribution >= 4 is 5.78 Å². The average molecular weight is 181 g/mol. The number of rotatable bonds is 3. The molecular weight excluding hydrogens is 162 g/mol. The Bertz CT molecular complexity index is 208. The van der Waals surface area contributed by atoms with Gasteiger partial charge in [0.2, 0.25) is 0 Å². The molecule has 13 heavy (non-hydrogen) atoms. The van der Waals surface area contributed by atoms with Gasteiger partial charge in [-0.15, -0.1) is 0 Å². The predicted octanol–water partition coefficient (Wildman–Crippen LogP) is 2.18. The fourth-order valence-corrected chi connectivity index (χ4v) is 1.66. The molecule has 1 atom stereocenters. The zero-order chi connectivity index (χ0) is 9.68. The van der Waals surface area contributed by atoms with Crippen LogP contribution in [0.25, 0.3) is 0 Å². The van der Waals surface area contributed by atoms with Gasteiger partial charge in [0.15, 0.2) is 5.78 Å². The first kappa shape index (κ1) is 10.5. The van der Waals surface area contributed by atoms with Crippen LogP contribution in [-0.2, 0) is 4.79 Å². The van der Waals surface area contributed by atoms with E-state index >= 15 is 0 Å². The molecule has 1 unspecified atom stereocenters. The molecule has 2 N–H and O–H groups in total. The Morgan fingerprint density at radius 2 is 2.31 bits per heavy atom. The molecule has 0 fully saturated rings. The SMILES string of the molecule is CCC(N)C(=O)C1=CCCCCC1. The Kier molecular flexibility index (Phi) is 4.16. The third-order valence-electron chi connectivity index (χ3n) is 2.63. The van der Waals surface area contributed by atoms with Crippen LogP contribution in [0.15, 0.2) is 11.6 Å². The van der Waals surface area contributed by atoms with Crippen LogP contribution >= 0.6 is 0 Å². The van der Waals surface area contributed by atoms with Crippen molar-refractivity contribution < 1.29 is 4.79 Å². The molecule has 0 saturated heterocycles. The van der Waals surface area contributed by atoms with Gasteiger partial charge < -0.3 is 5.73 Å². The lowest BCUT2D eigenvalue weighted by molar-refractivity contribution is -0.116. The summed E-state index contributed by atoms with van der Waals surface area (Å²) in [5, 5.41) is 0. The lowest BCUT2D eigenvalue weighted by Gasteiger charge is -2.09. The summed E-state index contributed by atoms with van der Waals surface area (Å²) in [5.74, 6) is 0.171. The molecule has 0 aliphatic heterocycles. The quantitative estimate of drug-likeness (QED) is 0.725. The van der Waals surface area contributed by atoms with Gasteiger partial charge in [0.25, 0.3) is 0 Å². The second-order valence-corrected chi connectivity index (χ2v) is 3.71. The van der Waals surface area contributed by atoms with E-state index in [1.54, 1.807) is 0 Å². The van der Waals surface area contributed by atoms with Crippen molar-refractivity contribution in [3.05, 3.63) is 11.6 Å². The summed E-state index contributed by atoms with van der Waals surface area (Å²) >= 11 is 0. The minimum absolute atomic E-state index is 0.171. The van der Waals surface area contributed by atoms with E-state index in [-0.39, 0.29) is 11.8 Å². The first-order valence-electron chi connectivity index (χ1n) is 5.24. The summed E-state index contributed by atoms with van der Waals surface area (Å²) in [4.78, 5) is 11.7. The molecule has 1 aliphatic carbocycles. The smallest absolute Gasteiger partial charge is 0.175 e. The zero-order valence-electron chi connectivity index (χ0n) is 8.38. The first-order chi connectivity index (χ1) is 6.25. The van der Waals surface area contributed by atoms with Gasteiger partial charge in [-0.1, -0.05) is 19.4 Å². The highest BCUT2D eigenvalue weighted by molar-refractivity contribution is 5.99. The highest BCUT2D eigenvalue weighted by Gasteiger charge is 2.16. The van der Waals surface area contributed by atoms with Crippen LogP contribution in [0.1, 0.15) is 45.4 Å². The zero-order valence-corrected chi connectivity index (χ0v) is 8.38. The normalized spacial score (nSPS) is 20.3. The topological polar surface area (TPSA) is 43.1 Å². The van der Waals surface area contributed by atoms with Gasteiger partial charge in [-0.25, -0.2) is 0 Å².